The Morgan fingerprint density at radius 2 is 1.79 bits per heavy atom. The number of phenolic OH excluding ortho intramolecular Hbond substituents is 1. The van der Waals surface area contributed by atoms with E-state index in [2.05, 4.69) is 16.0 Å². The van der Waals surface area contributed by atoms with E-state index in [1.165, 1.54) is 18.9 Å². The van der Waals surface area contributed by atoms with Gasteiger partial charge in [-0.25, -0.2) is 4.79 Å². The molecular weight excluding hydrogens is 634 g/mol. The second kappa shape index (κ2) is 18.6. The van der Waals surface area contributed by atoms with Crippen LogP contribution < -0.4 is 16.0 Å². The number of aliphatic hydroxyl groups excluding tert-OH is 1. The van der Waals surface area contributed by atoms with Crippen LogP contribution in [0, 0.1) is 11.8 Å². The lowest BCUT2D eigenvalue weighted by molar-refractivity contribution is -0.156. The van der Waals surface area contributed by atoms with E-state index in [9.17, 15) is 29.4 Å². The molecule has 0 spiro atoms. The number of amides is 3. The van der Waals surface area contributed by atoms with Crippen molar-refractivity contribution in [3.8, 4) is 5.75 Å². The summed E-state index contributed by atoms with van der Waals surface area (Å²) in [5.74, 6) is -1.63. The van der Waals surface area contributed by atoms with E-state index in [-0.39, 0.29) is 47.3 Å². The number of carbonyl (C=O) groups excluding carboxylic acids is 4. The van der Waals surface area contributed by atoms with Crippen molar-refractivity contribution in [2.45, 2.75) is 96.0 Å². The average molecular weight is 684 g/mol. The summed E-state index contributed by atoms with van der Waals surface area (Å²) in [6.45, 7) is 9.02. The Kier molecular flexibility index (Phi) is 15.0. The normalized spacial score (nSPS) is 26.3. The molecule has 262 valence electrons. The number of carbonyl (C=O) groups is 4. The molecule has 2 bridgehead atoms. The summed E-state index contributed by atoms with van der Waals surface area (Å²) in [5.41, 5.74) is 1.92. The Hall–Kier alpha value is -3.87. The second-order valence-corrected chi connectivity index (χ2v) is 13.6. The summed E-state index contributed by atoms with van der Waals surface area (Å²) in [7, 11) is 1.50. The monoisotopic (exact) mass is 683 g/mol. The highest BCUT2D eigenvalue weighted by atomic mass is 32.2. The van der Waals surface area contributed by atoms with Gasteiger partial charge in [0.25, 0.3) is 0 Å². The minimum atomic E-state index is -0.956. The number of ether oxygens (including phenoxy) is 2. The van der Waals surface area contributed by atoms with Gasteiger partial charge < -0.3 is 35.6 Å². The van der Waals surface area contributed by atoms with E-state index < -0.39 is 36.2 Å². The number of aliphatic hydroxyl groups is 1. The molecule has 1 aromatic carbocycles. The van der Waals surface area contributed by atoms with Crippen LogP contribution in [0.25, 0.3) is 0 Å². The molecule has 0 aliphatic carbocycles. The predicted octanol–water partition coefficient (Wildman–Crippen LogP) is 5.19. The topological polar surface area (TPSA) is 163 Å². The first-order chi connectivity index (χ1) is 22.8. The second-order valence-electron chi connectivity index (χ2n) is 12.6. The molecular formula is C36H49N3O8S. The quantitative estimate of drug-likeness (QED) is 0.118. The van der Waals surface area contributed by atoms with Crippen LogP contribution in [0.15, 0.2) is 59.1 Å². The van der Waals surface area contributed by atoms with Crippen molar-refractivity contribution in [1.29, 1.82) is 0 Å². The van der Waals surface area contributed by atoms with Crippen molar-refractivity contribution in [1.82, 2.24) is 5.32 Å². The van der Waals surface area contributed by atoms with Gasteiger partial charge in [-0.2, -0.15) is 0 Å². The van der Waals surface area contributed by atoms with Crippen LogP contribution in [-0.4, -0.2) is 71.1 Å². The van der Waals surface area contributed by atoms with Gasteiger partial charge in [0.15, 0.2) is 0 Å². The van der Waals surface area contributed by atoms with Gasteiger partial charge in [0.1, 0.15) is 17.9 Å². The van der Waals surface area contributed by atoms with Gasteiger partial charge in [0.05, 0.1) is 35.8 Å². The number of hydrogen-bond donors (Lipinski definition) is 5. The molecule has 0 aromatic heterocycles. The van der Waals surface area contributed by atoms with Crippen molar-refractivity contribution >= 4 is 46.8 Å². The molecule has 5 atom stereocenters. The summed E-state index contributed by atoms with van der Waals surface area (Å²) < 4.78 is 11.3. The molecule has 0 saturated heterocycles. The number of aromatic hydroxyl groups is 1. The number of hydrogen-bond acceptors (Lipinski definition) is 9. The van der Waals surface area contributed by atoms with E-state index in [1.807, 2.05) is 32.9 Å². The third-order valence-corrected chi connectivity index (χ3v) is 9.26. The van der Waals surface area contributed by atoms with Gasteiger partial charge in [-0.05, 0) is 44.2 Å². The average Bonchev–Trinajstić information content (AvgIpc) is 3.02. The number of esters is 1. The molecule has 0 fully saturated rings. The summed E-state index contributed by atoms with van der Waals surface area (Å²) in [5, 5.41) is 30.9. The number of rotatable bonds is 6. The molecule has 48 heavy (non-hydrogen) atoms. The fourth-order valence-corrected chi connectivity index (χ4v) is 6.36. The number of fused-ring (bicyclic) bond motifs is 4. The predicted molar refractivity (Wildman–Crippen MR) is 188 cm³/mol. The highest BCUT2D eigenvalue weighted by molar-refractivity contribution is 8.00. The standard InChI is InChI=1S/C36H49N3O8S/c1-21(2)17-30(40)37-24(5)36(45)47-29-16-11-9-7-8-10-14-25(46-6)18-31(41)38-27-19-28-35(48-20-32(42)39-28)26(34(27)44)15-12-13-22(3)33(43)23(29)4/h7-11,13-14,19,21,23-25,29,33,43-44H,12,15-18,20H2,1-6H3,(H,37,40)(H,38,41)(H,39,42)/b8-7+,11-9+,14-10+,22-13+/t23-,24+,25-,29+,33-/m1/s1. The number of methoxy groups -OCH3 is 1. The van der Waals surface area contributed by atoms with E-state index in [0.29, 0.717) is 42.5 Å². The van der Waals surface area contributed by atoms with E-state index in [0.717, 1.165) is 4.90 Å². The molecule has 0 unspecified atom stereocenters. The number of thioether (sulfide) groups is 1. The Bertz CT molecular complexity index is 1450. The molecule has 11 nitrogen and oxygen atoms in total. The van der Waals surface area contributed by atoms with Crippen LogP contribution in [0.5, 0.6) is 5.75 Å². The molecule has 2 heterocycles. The van der Waals surface area contributed by atoms with Gasteiger partial charge >= 0.3 is 5.97 Å². The zero-order valence-corrected chi connectivity index (χ0v) is 29.4. The van der Waals surface area contributed by atoms with Crippen molar-refractivity contribution in [3.05, 3.63) is 59.7 Å². The molecule has 1 aromatic rings. The Morgan fingerprint density at radius 3 is 2.50 bits per heavy atom. The molecule has 0 saturated carbocycles. The summed E-state index contributed by atoms with van der Waals surface area (Å²) in [6.07, 6.45) is 11.7. The first-order valence-electron chi connectivity index (χ1n) is 16.3. The molecule has 3 rings (SSSR count). The molecule has 2 aliphatic heterocycles. The van der Waals surface area contributed by atoms with Crippen molar-refractivity contribution in [2.24, 2.45) is 11.8 Å². The highest BCUT2D eigenvalue weighted by Gasteiger charge is 2.30. The van der Waals surface area contributed by atoms with Gasteiger partial charge in [0.2, 0.25) is 17.7 Å². The molecule has 12 heteroatoms. The Labute approximate surface area is 287 Å². The fraction of sp³-hybridized carbons (Fsp3) is 0.500. The molecule has 2 aliphatic rings. The van der Waals surface area contributed by atoms with Gasteiger partial charge in [0, 0.05) is 36.3 Å². The third-order valence-electron chi connectivity index (χ3n) is 8.10. The molecule has 0 radical (unpaired) electrons. The summed E-state index contributed by atoms with van der Waals surface area (Å²) in [6, 6.07) is 0.701. The van der Waals surface area contributed by atoms with E-state index in [4.69, 9.17) is 9.47 Å². The SMILES string of the molecule is CO[C@@H]1/C=C/C=C/C=C/C[C@H](OC(=O)[C@H](C)NC(=O)CC(C)C)[C@@H](C)[C@H](O)/C(C)=C/CCc2c(O)c(cc3c2SCC(=O)N3)NC(=O)C1. The Morgan fingerprint density at radius 1 is 1.08 bits per heavy atom. The van der Waals surface area contributed by atoms with E-state index >= 15 is 0 Å². The van der Waals surface area contributed by atoms with Crippen molar-refractivity contribution in [2.75, 3.05) is 23.5 Å². The molecule has 5 N–H and O–H groups in total. The maximum absolute atomic E-state index is 13.0. The third kappa shape index (κ3) is 11.4. The molecule has 3 amide bonds. The van der Waals surface area contributed by atoms with Gasteiger partial charge in [-0.15, -0.1) is 11.8 Å². The van der Waals surface area contributed by atoms with Gasteiger partial charge in [-0.1, -0.05) is 63.3 Å². The van der Waals surface area contributed by atoms with E-state index in [1.54, 1.807) is 50.3 Å². The first-order valence-corrected chi connectivity index (χ1v) is 17.3. The number of benzene rings is 1. The zero-order valence-electron chi connectivity index (χ0n) is 28.6. The highest BCUT2D eigenvalue weighted by Crippen LogP contribution is 2.44. The van der Waals surface area contributed by atoms with Gasteiger partial charge in [-0.3, -0.25) is 14.4 Å². The minimum Gasteiger partial charge on any atom is -0.505 e. The maximum Gasteiger partial charge on any atom is 0.328 e. The van der Waals surface area contributed by atoms with Crippen LogP contribution in [0.2, 0.25) is 0 Å². The number of phenols is 1. The van der Waals surface area contributed by atoms with Crippen LogP contribution in [0.3, 0.4) is 0 Å². The van der Waals surface area contributed by atoms with Crippen LogP contribution in [0.4, 0.5) is 11.4 Å². The van der Waals surface area contributed by atoms with Crippen molar-refractivity contribution < 1.29 is 38.9 Å². The lowest BCUT2D eigenvalue weighted by Crippen LogP contribution is -2.43. The van der Waals surface area contributed by atoms with Crippen LogP contribution >= 0.6 is 11.8 Å². The smallest absolute Gasteiger partial charge is 0.328 e. The lowest BCUT2D eigenvalue weighted by Gasteiger charge is -2.29. The lowest BCUT2D eigenvalue weighted by atomic mass is 9.90. The summed E-state index contributed by atoms with van der Waals surface area (Å²) >= 11 is 1.32. The first kappa shape index (κ1) is 38.6. The van der Waals surface area contributed by atoms with Crippen LogP contribution in [-0.2, 0) is 35.1 Å². The zero-order chi connectivity index (χ0) is 35.4. The number of allylic oxidation sites excluding steroid dienone is 5. The summed E-state index contributed by atoms with van der Waals surface area (Å²) in [4.78, 5) is 51.2. The number of anilines is 2. The largest absolute Gasteiger partial charge is 0.505 e. The Balaban J connectivity index is 1.92. The van der Waals surface area contributed by atoms with Crippen molar-refractivity contribution in [3.63, 3.8) is 0 Å². The maximum atomic E-state index is 13.0. The fourth-order valence-electron chi connectivity index (χ4n) is 5.38. The van der Waals surface area contributed by atoms with Crippen LogP contribution in [0.1, 0.15) is 65.9 Å². The minimum absolute atomic E-state index is 0.00918. The number of nitrogens with one attached hydrogen (secondary N) is 3.